The molecule has 1 aromatic rings. The number of anilines is 2. The first-order chi connectivity index (χ1) is 17.6. The topological polar surface area (TPSA) is 122 Å². The summed E-state index contributed by atoms with van der Waals surface area (Å²) in [5.41, 5.74) is 2.20. The van der Waals surface area contributed by atoms with Crippen molar-refractivity contribution in [2.75, 3.05) is 29.5 Å². The van der Waals surface area contributed by atoms with Crippen LogP contribution in [0.4, 0.5) is 11.9 Å². The number of carbonyl (C=O) groups excluding carboxylic acids is 1. The second-order valence-corrected chi connectivity index (χ2v) is 11.0. The van der Waals surface area contributed by atoms with E-state index in [4.69, 9.17) is 28.0 Å². The molecule has 0 fully saturated rings. The Morgan fingerprint density at radius 2 is 1.92 bits per heavy atom. The SMILES string of the molecule is CCNc1nc(Cl)nc(NC(C)C)n1.CCSC(C)CC1CC(=O)C(/C(CC)=N/OC/C=C/Cl)=C(O)C1. The third-order valence-electron chi connectivity index (χ3n) is 5.06. The fourth-order valence-electron chi connectivity index (χ4n) is 3.68. The second-order valence-electron chi connectivity index (χ2n) is 8.65. The van der Waals surface area contributed by atoms with Crippen molar-refractivity contribution in [1.82, 2.24) is 15.0 Å². The van der Waals surface area contributed by atoms with Gasteiger partial charge in [-0.25, -0.2) is 0 Å². The molecule has 1 heterocycles. The van der Waals surface area contributed by atoms with Crippen molar-refractivity contribution in [3.8, 4) is 0 Å². The zero-order valence-electron chi connectivity index (χ0n) is 22.6. The van der Waals surface area contributed by atoms with E-state index in [1.54, 1.807) is 6.08 Å². The molecule has 2 atom stereocenters. The lowest BCUT2D eigenvalue weighted by Crippen LogP contribution is -2.26. The molecule has 12 heteroatoms. The maximum atomic E-state index is 12.4. The fraction of sp³-hybridized carbons (Fsp3) is 0.640. The lowest BCUT2D eigenvalue weighted by Gasteiger charge is -2.25. The standard InChI is InChI=1S/C17H26ClNO3S.C8H14ClN5/c1-4-14(19-22-8-6-7-18)17-15(20)10-13(11-16(17)21)9-12(3)23-5-2;1-4-10-7-12-6(9)13-8(14-7)11-5(2)3/h6-7,12-13,20H,4-5,8-11H2,1-3H3;5H,4H2,1-3H3,(H2,10,11,12,13,14)/b7-6+,19-14+;. The Balaban J connectivity index is 0.000000417. The van der Waals surface area contributed by atoms with Crippen LogP contribution in [0.1, 0.15) is 67.2 Å². The Bertz CT molecular complexity index is 943. The lowest BCUT2D eigenvalue weighted by atomic mass is 9.82. The molecule has 37 heavy (non-hydrogen) atoms. The largest absolute Gasteiger partial charge is 0.511 e. The van der Waals surface area contributed by atoms with E-state index in [2.05, 4.69) is 44.6 Å². The van der Waals surface area contributed by atoms with Gasteiger partial charge in [-0.1, -0.05) is 37.5 Å². The number of oxime groups is 1. The van der Waals surface area contributed by atoms with Crippen LogP contribution in [-0.4, -0.2) is 61.7 Å². The van der Waals surface area contributed by atoms with Gasteiger partial charge < -0.3 is 20.6 Å². The highest BCUT2D eigenvalue weighted by molar-refractivity contribution is 7.99. The van der Waals surface area contributed by atoms with Crippen molar-refractivity contribution in [2.45, 2.75) is 78.5 Å². The number of ketones is 1. The molecule has 9 nitrogen and oxygen atoms in total. The lowest BCUT2D eigenvalue weighted by molar-refractivity contribution is -0.116. The summed E-state index contributed by atoms with van der Waals surface area (Å²) in [5.74, 6) is 2.38. The first-order valence-corrected chi connectivity index (χ1v) is 14.4. The number of thioether (sulfide) groups is 1. The highest BCUT2D eigenvalue weighted by Gasteiger charge is 2.31. The number of Topliss-reactive ketones (excluding diaryl/α,β-unsaturated/α-hetero) is 1. The number of hydrogen-bond acceptors (Lipinski definition) is 10. The first kappa shape index (κ1) is 33.0. The van der Waals surface area contributed by atoms with Crippen molar-refractivity contribution >= 4 is 58.4 Å². The van der Waals surface area contributed by atoms with Crippen LogP contribution in [0.5, 0.6) is 0 Å². The summed E-state index contributed by atoms with van der Waals surface area (Å²) in [6.45, 7) is 13.2. The summed E-state index contributed by atoms with van der Waals surface area (Å²) in [6, 6.07) is 0.267. The molecule has 0 bridgehead atoms. The number of rotatable bonds is 13. The maximum Gasteiger partial charge on any atom is 0.228 e. The van der Waals surface area contributed by atoms with Crippen LogP contribution in [0.2, 0.25) is 5.28 Å². The van der Waals surface area contributed by atoms with Gasteiger partial charge in [0.2, 0.25) is 17.2 Å². The molecule has 1 aliphatic carbocycles. The molecule has 0 saturated heterocycles. The number of nitrogens with one attached hydrogen (secondary N) is 2. The van der Waals surface area contributed by atoms with Crippen LogP contribution >= 0.6 is 35.0 Å². The van der Waals surface area contributed by atoms with Gasteiger partial charge in [0.15, 0.2) is 5.78 Å². The van der Waals surface area contributed by atoms with E-state index in [0.717, 1.165) is 18.7 Å². The molecule has 0 amide bonds. The average molecular weight is 576 g/mol. The highest BCUT2D eigenvalue weighted by Crippen LogP contribution is 2.32. The Hall–Kier alpha value is -2.04. The molecule has 1 aromatic heterocycles. The van der Waals surface area contributed by atoms with Gasteiger partial charge in [0, 0.05) is 36.2 Å². The van der Waals surface area contributed by atoms with E-state index in [9.17, 15) is 9.90 Å². The van der Waals surface area contributed by atoms with Crippen LogP contribution in [-0.2, 0) is 9.63 Å². The summed E-state index contributed by atoms with van der Waals surface area (Å²) < 4.78 is 0. The highest BCUT2D eigenvalue weighted by atomic mass is 35.5. The average Bonchev–Trinajstić information content (AvgIpc) is 2.80. The number of aliphatic hydroxyl groups excluding tert-OH is 1. The maximum absolute atomic E-state index is 12.4. The van der Waals surface area contributed by atoms with E-state index in [-0.39, 0.29) is 35.4 Å². The molecular weight excluding hydrogens is 535 g/mol. The molecular formula is C25H40Cl2N6O3S. The van der Waals surface area contributed by atoms with Gasteiger partial charge in [-0.05, 0) is 63.0 Å². The minimum Gasteiger partial charge on any atom is -0.511 e. The predicted octanol–water partition coefficient (Wildman–Crippen LogP) is 6.62. The molecule has 208 valence electrons. The normalized spacial score (nSPS) is 17.1. The Morgan fingerprint density at radius 1 is 1.22 bits per heavy atom. The summed E-state index contributed by atoms with van der Waals surface area (Å²) in [7, 11) is 0. The Kier molecular flexibility index (Phi) is 16.3. The van der Waals surface area contributed by atoms with E-state index in [1.807, 2.05) is 39.5 Å². The number of hydrogen-bond donors (Lipinski definition) is 3. The zero-order valence-corrected chi connectivity index (χ0v) is 24.9. The molecule has 2 unspecified atom stereocenters. The molecule has 0 saturated carbocycles. The van der Waals surface area contributed by atoms with Gasteiger partial charge in [-0.2, -0.15) is 26.7 Å². The van der Waals surface area contributed by atoms with Crippen LogP contribution in [0, 0.1) is 5.92 Å². The molecule has 0 aromatic carbocycles. The van der Waals surface area contributed by atoms with E-state index in [1.165, 1.54) is 5.54 Å². The van der Waals surface area contributed by atoms with Crippen molar-refractivity contribution < 1.29 is 14.7 Å². The molecule has 0 radical (unpaired) electrons. The first-order valence-electron chi connectivity index (χ1n) is 12.6. The number of allylic oxidation sites excluding steroid dienone is 2. The quantitative estimate of drug-likeness (QED) is 0.135. The number of carbonyl (C=O) groups is 1. The summed E-state index contributed by atoms with van der Waals surface area (Å²) in [5, 5.41) is 21.0. The Labute approximate surface area is 234 Å². The minimum atomic E-state index is -0.0375. The third-order valence-corrected chi connectivity index (χ3v) is 6.50. The number of aliphatic hydroxyl groups is 1. The van der Waals surface area contributed by atoms with Gasteiger partial charge in [-0.3, -0.25) is 4.79 Å². The summed E-state index contributed by atoms with van der Waals surface area (Å²) in [6.07, 6.45) is 4.09. The monoisotopic (exact) mass is 574 g/mol. The van der Waals surface area contributed by atoms with Crippen molar-refractivity contribution in [2.24, 2.45) is 11.1 Å². The van der Waals surface area contributed by atoms with E-state index < -0.39 is 0 Å². The third kappa shape index (κ3) is 12.8. The van der Waals surface area contributed by atoms with Crippen LogP contribution in [0.15, 0.2) is 28.1 Å². The van der Waals surface area contributed by atoms with Gasteiger partial charge in [0.1, 0.15) is 12.4 Å². The fourth-order valence-corrected chi connectivity index (χ4v) is 4.89. The van der Waals surface area contributed by atoms with Crippen LogP contribution < -0.4 is 10.6 Å². The van der Waals surface area contributed by atoms with Crippen LogP contribution in [0.3, 0.4) is 0 Å². The molecule has 0 spiro atoms. The molecule has 1 aliphatic rings. The van der Waals surface area contributed by atoms with Crippen molar-refractivity contribution in [1.29, 1.82) is 0 Å². The van der Waals surface area contributed by atoms with Crippen LogP contribution in [0.25, 0.3) is 0 Å². The zero-order chi connectivity index (χ0) is 27.8. The van der Waals surface area contributed by atoms with Crippen molar-refractivity contribution in [3.05, 3.63) is 28.2 Å². The van der Waals surface area contributed by atoms with E-state index >= 15 is 0 Å². The predicted molar refractivity (Wildman–Crippen MR) is 156 cm³/mol. The Morgan fingerprint density at radius 3 is 2.49 bits per heavy atom. The number of nitrogens with zero attached hydrogens (tertiary/aromatic N) is 4. The molecule has 2 rings (SSSR count). The minimum absolute atomic E-state index is 0.0375. The number of halogens is 2. The van der Waals surface area contributed by atoms with Gasteiger partial charge >= 0.3 is 0 Å². The summed E-state index contributed by atoms with van der Waals surface area (Å²) in [4.78, 5) is 29.6. The smallest absolute Gasteiger partial charge is 0.228 e. The molecule has 3 N–H and O–H groups in total. The summed E-state index contributed by atoms with van der Waals surface area (Å²) >= 11 is 13.0. The second kappa shape index (κ2) is 18.3. The van der Waals surface area contributed by atoms with Gasteiger partial charge in [0.25, 0.3) is 0 Å². The van der Waals surface area contributed by atoms with Gasteiger partial charge in [0.05, 0.1) is 11.3 Å². The molecule has 0 aliphatic heterocycles. The van der Waals surface area contributed by atoms with Gasteiger partial charge in [-0.15, -0.1) is 0 Å². The number of aromatic nitrogens is 3. The van der Waals surface area contributed by atoms with E-state index in [0.29, 0.717) is 47.7 Å². The van der Waals surface area contributed by atoms with Crippen molar-refractivity contribution in [3.63, 3.8) is 0 Å².